The minimum Gasteiger partial charge on any atom is -0.496 e. The highest BCUT2D eigenvalue weighted by Gasteiger charge is 2.38. The number of rotatable bonds is 11. The van der Waals surface area contributed by atoms with E-state index < -0.39 is 24.0 Å². The molecule has 8 nitrogen and oxygen atoms in total. The zero-order chi connectivity index (χ0) is 26.9. The van der Waals surface area contributed by atoms with Gasteiger partial charge in [-0.1, -0.05) is 55.1 Å². The Bertz CT molecular complexity index is 1160. The molecule has 1 fully saturated rings. The van der Waals surface area contributed by atoms with Gasteiger partial charge in [-0.25, -0.2) is 0 Å². The summed E-state index contributed by atoms with van der Waals surface area (Å²) < 4.78 is 5.37. The van der Waals surface area contributed by atoms with E-state index >= 15 is 0 Å². The van der Waals surface area contributed by atoms with Crippen molar-refractivity contribution in [2.24, 2.45) is 0 Å². The normalized spacial score (nSPS) is 17.1. The Morgan fingerprint density at radius 3 is 2.68 bits per heavy atom. The fraction of sp³-hybridized carbons (Fsp3) is 0.321. The molecule has 1 aromatic heterocycles. The predicted molar refractivity (Wildman–Crippen MR) is 143 cm³/mol. The molecule has 196 valence electrons. The molecule has 37 heavy (non-hydrogen) atoms. The van der Waals surface area contributed by atoms with Crippen molar-refractivity contribution >= 4 is 23.4 Å². The van der Waals surface area contributed by atoms with E-state index in [1.807, 2.05) is 30.3 Å². The second-order valence-corrected chi connectivity index (χ2v) is 9.21. The zero-order valence-electron chi connectivity index (χ0n) is 20.8. The number of nitrogens with zero attached hydrogens (tertiary/aromatic N) is 2. The molecule has 2 aromatic rings. The quantitative estimate of drug-likeness (QED) is 0.388. The summed E-state index contributed by atoms with van der Waals surface area (Å²) in [6, 6.07) is 10.8. The van der Waals surface area contributed by atoms with Crippen molar-refractivity contribution in [2.75, 3.05) is 13.7 Å². The highest BCUT2D eigenvalue weighted by molar-refractivity contribution is 6.29. The number of amides is 2. The van der Waals surface area contributed by atoms with Gasteiger partial charge in [-0.3, -0.25) is 14.6 Å². The molecule has 1 aliphatic rings. The van der Waals surface area contributed by atoms with Gasteiger partial charge in [0.1, 0.15) is 5.75 Å². The number of benzene rings is 1. The topological polar surface area (TPSA) is 112 Å². The third kappa shape index (κ3) is 7.07. The van der Waals surface area contributed by atoms with Crippen LogP contribution in [0.15, 0.2) is 78.5 Å². The fourth-order valence-electron chi connectivity index (χ4n) is 4.25. The van der Waals surface area contributed by atoms with Gasteiger partial charge in [0.05, 0.1) is 18.8 Å². The first kappa shape index (κ1) is 28.1. The Morgan fingerprint density at radius 2 is 2.03 bits per heavy atom. The number of nitrogens with one attached hydrogen (secondary N) is 1. The Kier molecular flexibility index (Phi) is 10.0. The predicted octanol–water partition coefficient (Wildman–Crippen LogP) is 3.34. The van der Waals surface area contributed by atoms with E-state index in [9.17, 15) is 19.8 Å². The number of pyridine rings is 1. The summed E-state index contributed by atoms with van der Waals surface area (Å²) in [6.45, 7) is 7.92. The number of methoxy groups -OCH3 is 1. The van der Waals surface area contributed by atoms with Gasteiger partial charge >= 0.3 is 0 Å². The van der Waals surface area contributed by atoms with E-state index in [-0.39, 0.29) is 12.6 Å². The number of hydrogen-bond donors (Lipinski definition) is 3. The SMILES string of the molecule is C=CC(=CCC(=C)Cl)C1CCCN1C(=O)C(O)C(O)C(=O)NCc1ccc(-c2ccccc2OC)nc1. The van der Waals surface area contributed by atoms with Crippen LogP contribution in [0.4, 0.5) is 0 Å². The van der Waals surface area contributed by atoms with Crippen LogP contribution in [0.3, 0.4) is 0 Å². The van der Waals surface area contributed by atoms with Gasteiger partial charge in [0.2, 0.25) is 0 Å². The number of carbonyl (C=O) groups is 2. The summed E-state index contributed by atoms with van der Waals surface area (Å²) in [4.78, 5) is 31.4. The van der Waals surface area contributed by atoms with Crippen LogP contribution >= 0.6 is 11.6 Å². The van der Waals surface area contributed by atoms with Gasteiger partial charge < -0.3 is 25.2 Å². The van der Waals surface area contributed by atoms with Crippen LogP contribution in [0.25, 0.3) is 11.3 Å². The maximum absolute atomic E-state index is 13.0. The number of halogens is 1. The molecule has 3 rings (SSSR count). The molecular formula is C28H32ClN3O5. The van der Waals surface area contributed by atoms with Crippen molar-refractivity contribution in [1.29, 1.82) is 0 Å². The molecular weight excluding hydrogens is 494 g/mol. The molecule has 0 spiro atoms. The van der Waals surface area contributed by atoms with Crippen molar-refractivity contribution in [1.82, 2.24) is 15.2 Å². The third-order valence-electron chi connectivity index (χ3n) is 6.21. The number of ether oxygens (including phenoxy) is 1. The minimum absolute atomic E-state index is 0.0635. The maximum Gasteiger partial charge on any atom is 0.255 e. The van der Waals surface area contributed by atoms with Gasteiger partial charge in [-0.2, -0.15) is 0 Å². The highest BCUT2D eigenvalue weighted by Crippen LogP contribution is 2.28. The lowest BCUT2D eigenvalue weighted by molar-refractivity contribution is -0.153. The lowest BCUT2D eigenvalue weighted by atomic mass is 10.0. The molecule has 0 radical (unpaired) electrons. The van der Waals surface area contributed by atoms with Crippen LogP contribution in [0.2, 0.25) is 0 Å². The number of carbonyl (C=O) groups excluding carboxylic acids is 2. The monoisotopic (exact) mass is 525 g/mol. The Balaban J connectivity index is 1.59. The van der Waals surface area contributed by atoms with E-state index in [0.717, 1.165) is 17.6 Å². The van der Waals surface area contributed by atoms with Crippen LogP contribution in [-0.4, -0.2) is 63.8 Å². The van der Waals surface area contributed by atoms with Crippen LogP contribution < -0.4 is 10.1 Å². The van der Waals surface area contributed by atoms with Crippen molar-refractivity contribution in [3.63, 3.8) is 0 Å². The Labute approximate surface area is 221 Å². The first-order valence-corrected chi connectivity index (χ1v) is 12.3. The second kappa shape index (κ2) is 13.2. The van der Waals surface area contributed by atoms with Crippen molar-refractivity contribution in [3.05, 3.63) is 84.1 Å². The van der Waals surface area contributed by atoms with E-state index in [4.69, 9.17) is 16.3 Å². The number of aliphatic hydroxyl groups excluding tert-OH is 2. The molecule has 2 heterocycles. The van der Waals surface area contributed by atoms with Crippen LogP contribution in [0.1, 0.15) is 24.8 Å². The van der Waals surface area contributed by atoms with E-state index in [1.54, 1.807) is 31.5 Å². The number of aliphatic hydroxyl groups is 2. The van der Waals surface area contributed by atoms with Gasteiger partial charge in [0.15, 0.2) is 12.2 Å². The second-order valence-electron chi connectivity index (χ2n) is 8.68. The molecule has 0 aliphatic carbocycles. The smallest absolute Gasteiger partial charge is 0.255 e. The summed E-state index contributed by atoms with van der Waals surface area (Å²) in [5.74, 6) is -0.882. The molecule has 1 aliphatic heterocycles. The molecule has 0 bridgehead atoms. The first-order valence-electron chi connectivity index (χ1n) is 11.9. The fourth-order valence-corrected chi connectivity index (χ4v) is 4.32. The molecule has 3 N–H and O–H groups in total. The third-order valence-corrected chi connectivity index (χ3v) is 6.37. The van der Waals surface area contributed by atoms with Crippen molar-refractivity contribution in [3.8, 4) is 17.0 Å². The summed E-state index contributed by atoms with van der Waals surface area (Å²) in [5.41, 5.74) is 3.00. The lowest BCUT2D eigenvalue weighted by Gasteiger charge is -2.29. The molecule has 2 amide bonds. The molecule has 0 saturated carbocycles. The number of hydrogen-bond acceptors (Lipinski definition) is 6. The van der Waals surface area contributed by atoms with Gasteiger partial charge in [0, 0.05) is 36.3 Å². The number of para-hydroxylation sites is 1. The Hall–Kier alpha value is -3.46. The van der Waals surface area contributed by atoms with Crippen LogP contribution in [0.5, 0.6) is 5.75 Å². The van der Waals surface area contributed by atoms with Gasteiger partial charge in [0.25, 0.3) is 11.8 Å². The lowest BCUT2D eigenvalue weighted by Crippen LogP contribution is -2.52. The average molecular weight is 526 g/mol. The number of allylic oxidation sites excluding steroid dienone is 2. The highest BCUT2D eigenvalue weighted by atomic mass is 35.5. The molecule has 1 saturated heterocycles. The van der Waals surface area contributed by atoms with Crippen LogP contribution in [0, 0.1) is 0 Å². The van der Waals surface area contributed by atoms with Crippen molar-refractivity contribution < 1.29 is 24.5 Å². The summed E-state index contributed by atoms with van der Waals surface area (Å²) in [7, 11) is 1.59. The van der Waals surface area contributed by atoms with Gasteiger partial charge in [-0.15, -0.1) is 0 Å². The molecule has 1 aromatic carbocycles. The Morgan fingerprint density at radius 1 is 1.27 bits per heavy atom. The summed E-state index contributed by atoms with van der Waals surface area (Å²) in [5, 5.41) is 23.9. The van der Waals surface area contributed by atoms with E-state index in [2.05, 4.69) is 23.5 Å². The minimum atomic E-state index is -1.92. The molecule has 9 heteroatoms. The number of likely N-dealkylation sites (tertiary alicyclic amines) is 1. The van der Waals surface area contributed by atoms with Crippen LogP contribution in [-0.2, 0) is 16.1 Å². The number of aromatic nitrogens is 1. The summed E-state index contributed by atoms with van der Waals surface area (Å²) >= 11 is 5.85. The standard InChI is InChI=1S/C28H32ClN3O5/c1-4-20(13-11-18(2)29)23-9-7-15-32(23)28(36)26(34)25(33)27(35)31-17-19-12-14-22(30-16-19)21-8-5-6-10-24(21)37-3/h4-6,8,10,12-14,16,23,25-26,33-34H,1-2,7,9,11,15,17H2,3H3,(H,31,35). The average Bonchev–Trinajstić information content (AvgIpc) is 3.40. The van der Waals surface area contributed by atoms with E-state index in [1.165, 1.54) is 4.90 Å². The zero-order valence-corrected chi connectivity index (χ0v) is 21.5. The summed E-state index contributed by atoms with van der Waals surface area (Å²) in [6.07, 6.45) is 3.06. The van der Waals surface area contributed by atoms with Crippen molar-refractivity contribution in [2.45, 2.75) is 44.1 Å². The molecule has 3 atom stereocenters. The molecule has 3 unspecified atom stereocenters. The largest absolute Gasteiger partial charge is 0.496 e. The van der Waals surface area contributed by atoms with Gasteiger partial charge in [-0.05, 0) is 42.2 Å². The first-order chi connectivity index (χ1) is 17.8. The maximum atomic E-state index is 13.0. The van der Waals surface area contributed by atoms with E-state index in [0.29, 0.717) is 41.4 Å².